The van der Waals surface area contributed by atoms with E-state index in [1.807, 2.05) is 50.2 Å². The average molecular weight is 306 g/mol. The van der Waals surface area contributed by atoms with Crippen molar-refractivity contribution < 1.29 is 9.53 Å². The van der Waals surface area contributed by atoms with E-state index in [0.717, 1.165) is 16.5 Å². The minimum Gasteiger partial charge on any atom is -0.368 e. The van der Waals surface area contributed by atoms with Crippen LogP contribution in [0.25, 0.3) is 10.8 Å². The number of carbonyl (C=O) groups is 1. The van der Waals surface area contributed by atoms with E-state index in [4.69, 9.17) is 4.74 Å². The number of ketones is 1. The van der Waals surface area contributed by atoms with Gasteiger partial charge in [0, 0.05) is 24.1 Å². The molecular formula is C19H18N2O2. The fraction of sp³-hybridized carbons (Fsp3) is 0.316. The summed E-state index contributed by atoms with van der Waals surface area (Å²) in [5.74, 6) is -0.145. The third-order valence-corrected chi connectivity index (χ3v) is 4.50. The van der Waals surface area contributed by atoms with Crippen LogP contribution in [0, 0.1) is 16.7 Å². The zero-order chi connectivity index (χ0) is 16.7. The molecule has 0 spiro atoms. The van der Waals surface area contributed by atoms with Gasteiger partial charge in [-0.25, -0.2) is 0 Å². The highest BCUT2D eigenvalue weighted by Crippen LogP contribution is 2.46. The number of fused-ring (bicyclic) bond motifs is 1. The Kier molecular flexibility index (Phi) is 3.54. The second-order valence-electron chi connectivity index (χ2n) is 6.53. The minimum absolute atomic E-state index is 0.137. The summed E-state index contributed by atoms with van der Waals surface area (Å²) >= 11 is 0. The lowest BCUT2D eigenvalue weighted by Crippen LogP contribution is -2.42. The van der Waals surface area contributed by atoms with Crippen molar-refractivity contribution in [3.63, 3.8) is 0 Å². The molecule has 0 amide bonds. The van der Waals surface area contributed by atoms with Gasteiger partial charge in [0.05, 0.1) is 11.3 Å². The largest absolute Gasteiger partial charge is 0.368 e. The number of Topliss-reactive ketones (excluding diaryl/α,β-unsaturated/α-hetero) is 1. The Balaban J connectivity index is 2.32. The number of allylic oxidation sites excluding steroid dienone is 1. The summed E-state index contributed by atoms with van der Waals surface area (Å²) < 4.78 is 5.85. The Morgan fingerprint density at radius 3 is 2.70 bits per heavy atom. The third kappa shape index (κ3) is 2.34. The highest BCUT2D eigenvalue weighted by molar-refractivity contribution is 6.04. The van der Waals surface area contributed by atoms with Crippen LogP contribution in [0.4, 0.5) is 0 Å². The molecule has 1 aromatic carbocycles. The molecule has 0 saturated heterocycles. The van der Waals surface area contributed by atoms with Crippen molar-refractivity contribution >= 4 is 16.6 Å². The van der Waals surface area contributed by atoms with Crippen molar-refractivity contribution in [2.45, 2.75) is 25.9 Å². The van der Waals surface area contributed by atoms with E-state index in [2.05, 4.69) is 4.98 Å². The zero-order valence-corrected chi connectivity index (χ0v) is 13.5. The summed E-state index contributed by atoms with van der Waals surface area (Å²) in [6.45, 7) is 3.69. The summed E-state index contributed by atoms with van der Waals surface area (Å²) in [5.41, 5.74) is -0.693. The SMILES string of the molecule is COC1(c2nccc3ccccc23)C=C(C#N)C(=O)C(C)(C)C1. The third-order valence-electron chi connectivity index (χ3n) is 4.50. The van der Waals surface area contributed by atoms with Gasteiger partial charge < -0.3 is 4.74 Å². The topological polar surface area (TPSA) is 63.0 Å². The predicted molar refractivity (Wildman–Crippen MR) is 87.5 cm³/mol. The summed E-state index contributed by atoms with van der Waals surface area (Å²) in [6.07, 6.45) is 3.82. The van der Waals surface area contributed by atoms with Crippen molar-refractivity contribution in [1.82, 2.24) is 4.98 Å². The fourth-order valence-corrected chi connectivity index (χ4v) is 3.37. The van der Waals surface area contributed by atoms with Crippen molar-refractivity contribution in [2.75, 3.05) is 7.11 Å². The van der Waals surface area contributed by atoms with Gasteiger partial charge in [0.2, 0.25) is 0 Å². The Hall–Kier alpha value is -2.51. The number of rotatable bonds is 2. The normalized spacial score (nSPS) is 23.4. The molecule has 116 valence electrons. The van der Waals surface area contributed by atoms with Gasteiger partial charge in [-0.1, -0.05) is 38.1 Å². The lowest BCUT2D eigenvalue weighted by Gasteiger charge is -2.40. The minimum atomic E-state index is -0.886. The second kappa shape index (κ2) is 5.29. The lowest BCUT2D eigenvalue weighted by molar-refractivity contribution is -0.128. The van der Waals surface area contributed by atoms with E-state index < -0.39 is 11.0 Å². The van der Waals surface area contributed by atoms with Gasteiger partial charge in [0.1, 0.15) is 11.7 Å². The molecule has 1 unspecified atom stereocenters. The summed E-state index contributed by atoms with van der Waals surface area (Å²) in [5, 5.41) is 11.4. The van der Waals surface area contributed by atoms with Crippen molar-refractivity contribution in [3.8, 4) is 6.07 Å². The van der Waals surface area contributed by atoms with E-state index in [9.17, 15) is 10.1 Å². The van der Waals surface area contributed by atoms with Crippen LogP contribution < -0.4 is 0 Å². The van der Waals surface area contributed by atoms with Crippen LogP contribution in [-0.4, -0.2) is 17.9 Å². The number of hydrogen-bond acceptors (Lipinski definition) is 4. The van der Waals surface area contributed by atoms with Crippen LogP contribution >= 0.6 is 0 Å². The van der Waals surface area contributed by atoms with Gasteiger partial charge in [-0.3, -0.25) is 9.78 Å². The highest BCUT2D eigenvalue weighted by atomic mass is 16.5. The van der Waals surface area contributed by atoms with Crippen LogP contribution in [0.15, 0.2) is 48.2 Å². The molecular weight excluding hydrogens is 288 g/mol. The maximum atomic E-state index is 12.4. The van der Waals surface area contributed by atoms with Gasteiger partial charge in [-0.15, -0.1) is 0 Å². The lowest BCUT2D eigenvalue weighted by atomic mass is 9.68. The van der Waals surface area contributed by atoms with Crippen LogP contribution in [-0.2, 0) is 15.1 Å². The molecule has 1 heterocycles. The molecule has 0 aliphatic heterocycles. The van der Waals surface area contributed by atoms with Gasteiger partial charge in [0.15, 0.2) is 5.78 Å². The number of ether oxygens (including phenoxy) is 1. The molecule has 4 heteroatoms. The standard InChI is InChI=1S/C19H18N2O2/c1-18(2)12-19(23-3,10-14(11-20)17(18)22)16-15-7-5-4-6-13(15)8-9-21-16/h4-10H,12H2,1-3H3. The molecule has 1 aliphatic rings. The number of aromatic nitrogens is 1. The number of nitrogens with zero attached hydrogens (tertiary/aromatic N) is 2. The van der Waals surface area contributed by atoms with E-state index in [1.165, 1.54) is 0 Å². The molecule has 23 heavy (non-hydrogen) atoms. The molecule has 0 saturated carbocycles. The van der Waals surface area contributed by atoms with Crippen molar-refractivity contribution in [1.29, 1.82) is 5.26 Å². The summed E-state index contributed by atoms with van der Waals surface area (Å²) in [7, 11) is 1.60. The number of nitriles is 1. The maximum Gasteiger partial charge on any atom is 0.178 e. The van der Waals surface area contributed by atoms with E-state index in [-0.39, 0.29) is 11.4 Å². The Labute approximate surface area is 135 Å². The molecule has 4 nitrogen and oxygen atoms in total. The van der Waals surface area contributed by atoms with Gasteiger partial charge >= 0.3 is 0 Å². The summed E-state index contributed by atoms with van der Waals surface area (Å²) in [6, 6.07) is 11.9. The van der Waals surface area contributed by atoms with Crippen molar-refractivity contribution in [3.05, 3.63) is 53.9 Å². The number of methoxy groups -OCH3 is 1. The maximum absolute atomic E-state index is 12.4. The van der Waals surface area contributed by atoms with Crippen LogP contribution in [0.5, 0.6) is 0 Å². The summed E-state index contributed by atoms with van der Waals surface area (Å²) in [4.78, 5) is 17.0. The number of benzene rings is 1. The zero-order valence-electron chi connectivity index (χ0n) is 13.5. The van der Waals surface area contributed by atoms with Crippen LogP contribution in [0.3, 0.4) is 0 Å². The van der Waals surface area contributed by atoms with Crippen molar-refractivity contribution in [2.24, 2.45) is 5.41 Å². The smallest absolute Gasteiger partial charge is 0.178 e. The Bertz CT molecular complexity index is 856. The van der Waals surface area contributed by atoms with Gasteiger partial charge in [0.25, 0.3) is 0 Å². The van der Waals surface area contributed by atoms with Gasteiger partial charge in [-0.05, 0) is 23.9 Å². The first-order valence-electron chi connectivity index (χ1n) is 7.51. The molecule has 2 aromatic rings. The first kappa shape index (κ1) is 15.4. The Morgan fingerprint density at radius 2 is 2.00 bits per heavy atom. The number of carbonyl (C=O) groups excluding carboxylic acids is 1. The van der Waals surface area contributed by atoms with E-state index >= 15 is 0 Å². The molecule has 0 bridgehead atoms. The van der Waals surface area contributed by atoms with Crippen LogP contribution in [0.1, 0.15) is 26.0 Å². The Morgan fingerprint density at radius 1 is 1.26 bits per heavy atom. The molecule has 1 aliphatic carbocycles. The van der Waals surface area contributed by atoms with Gasteiger partial charge in [-0.2, -0.15) is 5.26 Å². The van der Waals surface area contributed by atoms with E-state index in [0.29, 0.717) is 6.42 Å². The first-order chi connectivity index (χ1) is 10.9. The first-order valence-corrected chi connectivity index (χ1v) is 7.51. The molecule has 3 rings (SSSR count). The molecule has 0 radical (unpaired) electrons. The molecule has 0 N–H and O–H groups in total. The monoisotopic (exact) mass is 306 g/mol. The second-order valence-corrected chi connectivity index (χ2v) is 6.53. The molecule has 1 aromatic heterocycles. The predicted octanol–water partition coefficient (Wildman–Crippen LogP) is 3.53. The number of hydrogen-bond donors (Lipinski definition) is 0. The quantitative estimate of drug-likeness (QED) is 0.851. The molecule has 1 atom stereocenters. The fourth-order valence-electron chi connectivity index (χ4n) is 3.37. The van der Waals surface area contributed by atoms with E-state index in [1.54, 1.807) is 19.4 Å². The number of pyridine rings is 1. The molecule has 0 fully saturated rings. The average Bonchev–Trinajstić information content (AvgIpc) is 2.56. The van der Waals surface area contributed by atoms with Crippen LogP contribution in [0.2, 0.25) is 0 Å². The highest BCUT2D eigenvalue weighted by Gasteiger charge is 2.47.